The maximum atomic E-state index is 11.9. The van der Waals surface area contributed by atoms with Gasteiger partial charge in [-0.2, -0.15) is 0 Å². The van der Waals surface area contributed by atoms with E-state index < -0.39 is 0 Å². The highest BCUT2D eigenvalue weighted by molar-refractivity contribution is 8.00. The average Bonchev–Trinajstić information content (AvgIpc) is 2.40. The van der Waals surface area contributed by atoms with Crippen LogP contribution in [0.3, 0.4) is 0 Å². The lowest BCUT2D eigenvalue weighted by molar-refractivity contribution is -0.113. The molecule has 0 saturated carbocycles. The highest BCUT2D eigenvalue weighted by atomic mass is 35.5. The molecule has 0 saturated heterocycles. The number of amides is 1. The first kappa shape index (κ1) is 14.8. The predicted octanol–water partition coefficient (Wildman–Crippen LogP) is 3.96. The number of aryl methyl sites for hydroxylation is 1. The Morgan fingerprint density at radius 1 is 1.25 bits per heavy atom. The molecule has 3 nitrogen and oxygen atoms in total. The van der Waals surface area contributed by atoms with Gasteiger partial charge in [0.15, 0.2) is 0 Å². The van der Waals surface area contributed by atoms with E-state index in [0.717, 1.165) is 16.1 Å². The lowest BCUT2D eigenvalue weighted by Crippen LogP contribution is -2.14. The fraction of sp³-hybridized carbons (Fsp3) is 0.133. The van der Waals surface area contributed by atoms with E-state index in [1.165, 1.54) is 11.8 Å². The molecular weight excluding hydrogens is 292 g/mol. The van der Waals surface area contributed by atoms with Gasteiger partial charge in [0.1, 0.15) is 0 Å². The van der Waals surface area contributed by atoms with Crippen molar-refractivity contribution in [3.63, 3.8) is 0 Å². The van der Waals surface area contributed by atoms with Crippen molar-refractivity contribution in [2.45, 2.75) is 11.8 Å². The number of benzene rings is 2. The molecule has 0 aliphatic heterocycles. The molecule has 1 amide bonds. The Morgan fingerprint density at radius 3 is 2.60 bits per heavy atom. The lowest BCUT2D eigenvalue weighted by Gasteiger charge is -2.07. The molecule has 0 radical (unpaired) electrons. The largest absolute Gasteiger partial charge is 0.398 e. The number of carbonyl (C=O) groups excluding carboxylic acids is 1. The topological polar surface area (TPSA) is 55.1 Å². The third-order valence-corrected chi connectivity index (χ3v) is 3.99. The molecule has 0 spiro atoms. The number of anilines is 2. The molecule has 5 heteroatoms. The van der Waals surface area contributed by atoms with Gasteiger partial charge < -0.3 is 11.1 Å². The van der Waals surface area contributed by atoms with Crippen molar-refractivity contribution in [2.24, 2.45) is 0 Å². The van der Waals surface area contributed by atoms with Gasteiger partial charge in [-0.05, 0) is 37.3 Å². The van der Waals surface area contributed by atoms with Gasteiger partial charge in [-0.15, -0.1) is 11.8 Å². The van der Waals surface area contributed by atoms with Gasteiger partial charge in [0.05, 0.1) is 5.75 Å². The van der Waals surface area contributed by atoms with Crippen molar-refractivity contribution < 1.29 is 4.79 Å². The van der Waals surface area contributed by atoms with Gasteiger partial charge in [-0.25, -0.2) is 0 Å². The molecule has 0 atom stereocenters. The molecule has 0 aromatic heterocycles. The van der Waals surface area contributed by atoms with Crippen molar-refractivity contribution in [1.29, 1.82) is 0 Å². The first-order valence-electron chi connectivity index (χ1n) is 6.09. The minimum atomic E-state index is -0.0618. The highest BCUT2D eigenvalue weighted by Gasteiger charge is 2.06. The zero-order valence-electron chi connectivity index (χ0n) is 11.0. The average molecular weight is 307 g/mol. The molecule has 0 aliphatic carbocycles. The van der Waals surface area contributed by atoms with E-state index in [2.05, 4.69) is 5.32 Å². The maximum Gasteiger partial charge on any atom is 0.234 e. The Morgan fingerprint density at radius 2 is 1.95 bits per heavy atom. The second-order valence-electron chi connectivity index (χ2n) is 4.39. The molecule has 104 valence electrons. The Labute approximate surface area is 127 Å². The molecule has 0 bridgehead atoms. The molecular formula is C15H15ClN2OS. The second-order valence-corrected chi connectivity index (χ2v) is 5.84. The zero-order valence-corrected chi connectivity index (χ0v) is 12.6. The van der Waals surface area contributed by atoms with Gasteiger partial charge in [0.2, 0.25) is 5.91 Å². The molecule has 2 rings (SSSR count). The predicted molar refractivity (Wildman–Crippen MR) is 86.4 cm³/mol. The number of nitrogens with one attached hydrogen (secondary N) is 1. The van der Waals surface area contributed by atoms with Crippen LogP contribution < -0.4 is 11.1 Å². The van der Waals surface area contributed by atoms with Crippen molar-refractivity contribution in [1.82, 2.24) is 0 Å². The Bertz CT molecular complexity index is 614. The number of nitrogen functional groups attached to an aromatic ring is 1. The van der Waals surface area contributed by atoms with Gasteiger partial charge in [0.25, 0.3) is 0 Å². The number of hydrogen-bond acceptors (Lipinski definition) is 3. The fourth-order valence-electron chi connectivity index (χ4n) is 1.63. The van der Waals surface area contributed by atoms with E-state index in [1.807, 2.05) is 37.3 Å². The van der Waals surface area contributed by atoms with Crippen LogP contribution in [0, 0.1) is 6.92 Å². The number of nitrogens with two attached hydrogens (primary N) is 1. The third kappa shape index (κ3) is 4.18. The zero-order chi connectivity index (χ0) is 14.5. The van der Waals surface area contributed by atoms with Gasteiger partial charge in [-0.1, -0.05) is 29.3 Å². The number of thioether (sulfide) groups is 1. The van der Waals surface area contributed by atoms with Gasteiger partial charge in [0, 0.05) is 21.3 Å². The summed E-state index contributed by atoms with van der Waals surface area (Å²) in [5.74, 6) is 0.243. The first-order chi connectivity index (χ1) is 9.54. The smallest absolute Gasteiger partial charge is 0.234 e. The van der Waals surface area contributed by atoms with Crippen LogP contribution in [0.4, 0.5) is 11.4 Å². The molecule has 3 N–H and O–H groups in total. The van der Waals surface area contributed by atoms with Crippen LogP contribution in [0.1, 0.15) is 5.56 Å². The summed E-state index contributed by atoms with van der Waals surface area (Å²) >= 11 is 7.22. The number of hydrogen-bond donors (Lipinski definition) is 2. The van der Waals surface area contributed by atoms with Crippen LogP contribution in [-0.4, -0.2) is 11.7 Å². The molecule has 20 heavy (non-hydrogen) atoms. The normalized spacial score (nSPS) is 10.3. The standard InChI is InChI=1S/C15H15ClN2OS/c1-10-2-5-12(6-3-10)18-15(19)9-20-14-7-4-11(16)8-13(14)17/h2-8H,9,17H2,1H3,(H,18,19). The van der Waals surface area contributed by atoms with Crippen LogP contribution in [0.5, 0.6) is 0 Å². The maximum absolute atomic E-state index is 11.9. The van der Waals surface area contributed by atoms with Gasteiger partial charge >= 0.3 is 0 Å². The summed E-state index contributed by atoms with van der Waals surface area (Å²) < 4.78 is 0. The number of rotatable bonds is 4. The minimum Gasteiger partial charge on any atom is -0.398 e. The fourth-order valence-corrected chi connectivity index (χ4v) is 2.56. The Balaban J connectivity index is 1.90. The van der Waals surface area contributed by atoms with Crippen molar-refractivity contribution in [3.05, 3.63) is 53.1 Å². The number of carbonyl (C=O) groups is 1. The molecule has 2 aromatic rings. The van der Waals surface area contributed by atoms with Gasteiger partial charge in [-0.3, -0.25) is 4.79 Å². The van der Waals surface area contributed by atoms with Crippen molar-refractivity contribution in [2.75, 3.05) is 16.8 Å². The summed E-state index contributed by atoms with van der Waals surface area (Å²) in [5, 5.41) is 3.44. The first-order valence-corrected chi connectivity index (χ1v) is 7.45. The van der Waals surface area contributed by atoms with Crippen LogP contribution >= 0.6 is 23.4 Å². The molecule has 0 aliphatic rings. The van der Waals surface area contributed by atoms with Crippen LogP contribution in [0.25, 0.3) is 0 Å². The van der Waals surface area contributed by atoms with Crippen LogP contribution in [0.15, 0.2) is 47.4 Å². The quantitative estimate of drug-likeness (QED) is 0.664. The lowest BCUT2D eigenvalue weighted by atomic mass is 10.2. The summed E-state index contributed by atoms with van der Waals surface area (Å²) in [6.45, 7) is 2.00. The Hall–Kier alpha value is -1.65. The van der Waals surface area contributed by atoms with Crippen molar-refractivity contribution >= 4 is 40.6 Å². The summed E-state index contributed by atoms with van der Waals surface area (Å²) in [7, 11) is 0. The van der Waals surface area contributed by atoms with E-state index in [9.17, 15) is 4.79 Å². The van der Waals surface area contributed by atoms with E-state index in [0.29, 0.717) is 16.5 Å². The monoisotopic (exact) mass is 306 g/mol. The Kier molecular flexibility index (Phi) is 4.93. The summed E-state index contributed by atoms with van der Waals surface area (Å²) in [4.78, 5) is 12.7. The minimum absolute atomic E-state index is 0.0618. The van der Waals surface area contributed by atoms with Crippen LogP contribution in [0.2, 0.25) is 5.02 Å². The van der Waals surface area contributed by atoms with Crippen LogP contribution in [-0.2, 0) is 4.79 Å². The molecule has 2 aromatic carbocycles. The van der Waals surface area contributed by atoms with E-state index in [4.69, 9.17) is 17.3 Å². The summed E-state index contributed by atoms with van der Waals surface area (Å²) in [6.07, 6.45) is 0. The van der Waals surface area contributed by atoms with E-state index in [1.54, 1.807) is 12.1 Å². The number of halogens is 1. The molecule has 0 heterocycles. The van der Waals surface area contributed by atoms with Crippen molar-refractivity contribution in [3.8, 4) is 0 Å². The highest BCUT2D eigenvalue weighted by Crippen LogP contribution is 2.27. The van der Waals surface area contributed by atoms with E-state index >= 15 is 0 Å². The second kappa shape index (κ2) is 6.68. The SMILES string of the molecule is Cc1ccc(NC(=O)CSc2ccc(Cl)cc2N)cc1. The summed E-state index contributed by atoms with van der Waals surface area (Å²) in [5.41, 5.74) is 8.38. The summed E-state index contributed by atoms with van der Waals surface area (Å²) in [6, 6.07) is 12.9. The molecule has 0 unspecified atom stereocenters. The molecule has 0 fully saturated rings. The van der Waals surface area contributed by atoms with E-state index in [-0.39, 0.29) is 5.91 Å². The third-order valence-electron chi connectivity index (χ3n) is 2.67.